The maximum Gasteiger partial charge on any atom is 0.418 e. The lowest BCUT2D eigenvalue weighted by molar-refractivity contribution is -0.138. The van der Waals surface area contributed by atoms with Gasteiger partial charge in [0.25, 0.3) is 0 Å². The van der Waals surface area contributed by atoms with Gasteiger partial charge in [0, 0.05) is 36.3 Å². The lowest BCUT2D eigenvalue weighted by Gasteiger charge is -2.59. The van der Waals surface area contributed by atoms with Crippen LogP contribution in [0, 0.1) is 18.3 Å². The van der Waals surface area contributed by atoms with Crippen LogP contribution in [-0.4, -0.2) is 34.7 Å². The second-order valence-corrected chi connectivity index (χ2v) is 9.22. The van der Waals surface area contributed by atoms with Crippen molar-refractivity contribution in [2.75, 3.05) is 13.1 Å². The Kier molecular flexibility index (Phi) is 4.72. The zero-order valence-corrected chi connectivity index (χ0v) is 16.5. The van der Waals surface area contributed by atoms with E-state index in [4.69, 9.17) is 4.74 Å². The van der Waals surface area contributed by atoms with Crippen LogP contribution >= 0.6 is 0 Å². The smallest absolute Gasteiger partial charge is 0.418 e. The van der Waals surface area contributed by atoms with Crippen LogP contribution in [0.3, 0.4) is 0 Å². The molecule has 0 N–H and O–H groups in total. The Morgan fingerprint density at radius 2 is 1.89 bits per heavy atom. The van der Waals surface area contributed by atoms with Gasteiger partial charge in [0.1, 0.15) is 5.60 Å². The van der Waals surface area contributed by atoms with Crippen molar-refractivity contribution in [3.05, 3.63) is 29.1 Å². The van der Waals surface area contributed by atoms with E-state index in [9.17, 15) is 18.0 Å². The summed E-state index contributed by atoms with van der Waals surface area (Å²) in [6.07, 6.45) is -1.76. The summed E-state index contributed by atoms with van der Waals surface area (Å²) in [5.74, 6) is 0.488. The molecule has 1 saturated heterocycles. The third-order valence-corrected chi connectivity index (χ3v) is 5.71. The van der Waals surface area contributed by atoms with Gasteiger partial charge in [-0.1, -0.05) is 6.92 Å². The Bertz CT molecular complexity index is 726. The van der Waals surface area contributed by atoms with Crippen molar-refractivity contribution in [1.29, 1.82) is 0 Å². The molecule has 1 amide bonds. The number of hydrogen-bond acceptors (Lipinski definition) is 3. The van der Waals surface area contributed by atoms with Gasteiger partial charge in [0.2, 0.25) is 0 Å². The number of carbonyl (C=O) groups excluding carboxylic acids is 1. The second kappa shape index (κ2) is 6.38. The summed E-state index contributed by atoms with van der Waals surface area (Å²) in [7, 11) is 0. The molecule has 2 fully saturated rings. The van der Waals surface area contributed by atoms with E-state index in [1.807, 2.05) is 27.7 Å². The fourth-order valence-electron chi connectivity index (χ4n) is 4.25. The minimum atomic E-state index is -4.36. The molecule has 1 atom stereocenters. The first-order chi connectivity index (χ1) is 12.3. The quantitative estimate of drug-likeness (QED) is 0.707. The monoisotopic (exact) mass is 384 g/mol. The van der Waals surface area contributed by atoms with E-state index in [0.29, 0.717) is 24.7 Å². The first-order valence-electron chi connectivity index (χ1n) is 9.31. The number of rotatable bonds is 2. The van der Waals surface area contributed by atoms with Crippen molar-refractivity contribution in [1.82, 2.24) is 9.88 Å². The molecule has 2 aliphatic rings. The molecule has 7 heteroatoms. The average Bonchev–Trinajstić information content (AvgIpc) is 2.40. The van der Waals surface area contributed by atoms with Crippen LogP contribution < -0.4 is 0 Å². The number of nitrogens with zero attached hydrogens (tertiary/aromatic N) is 2. The zero-order chi connectivity index (χ0) is 20.2. The summed E-state index contributed by atoms with van der Waals surface area (Å²) < 4.78 is 44.1. The molecule has 150 valence electrons. The minimum Gasteiger partial charge on any atom is -0.444 e. The molecule has 27 heavy (non-hydrogen) atoms. The number of ether oxygens (including phenoxy) is 1. The summed E-state index contributed by atoms with van der Waals surface area (Å²) in [4.78, 5) is 17.9. The first-order valence-corrected chi connectivity index (χ1v) is 9.31. The molecule has 0 bridgehead atoms. The zero-order valence-electron chi connectivity index (χ0n) is 16.5. The van der Waals surface area contributed by atoms with E-state index in [1.54, 1.807) is 11.0 Å². The van der Waals surface area contributed by atoms with Gasteiger partial charge in [-0.2, -0.15) is 13.2 Å². The van der Waals surface area contributed by atoms with Gasteiger partial charge in [-0.05, 0) is 58.1 Å². The number of aromatic nitrogens is 1. The van der Waals surface area contributed by atoms with Gasteiger partial charge in [-0.15, -0.1) is 0 Å². The predicted octanol–water partition coefficient (Wildman–Crippen LogP) is 5.16. The normalized spacial score (nSPS) is 20.8. The molecule has 0 radical (unpaired) electrons. The number of carbonyl (C=O) groups is 1. The van der Waals surface area contributed by atoms with Crippen LogP contribution in [-0.2, 0) is 10.9 Å². The molecule has 1 saturated carbocycles. The van der Waals surface area contributed by atoms with Crippen LogP contribution in [0.1, 0.15) is 63.3 Å². The molecule has 1 aliphatic heterocycles. The van der Waals surface area contributed by atoms with Gasteiger partial charge in [0.15, 0.2) is 0 Å². The van der Waals surface area contributed by atoms with E-state index < -0.39 is 17.3 Å². The molecule has 1 unspecified atom stereocenters. The number of hydrogen-bond donors (Lipinski definition) is 0. The van der Waals surface area contributed by atoms with E-state index in [1.165, 1.54) is 6.92 Å². The van der Waals surface area contributed by atoms with Gasteiger partial charge in [-0.25, -0.2) is 4.79 Å². The SMILES string of the molecule is Cc1cc(C(C)C2CC3(C2)CN(C(=O)OC(C)(C)C)C3)ncc1C(F)(F)F. The molecule has 1 spiro atoms. The molecule has 1 aromatic heterocycles. The minimum absolute atomic E-state index is 0.104. The highest BCUT2D eigenvalue weighted by atomic mass is 19.4. The second-order valence-electron chi connectivity index (χ2n) is 9.22. The Balaban J connectivity index is 1.55. The van der Waals surface area contributed by atoms with E-state index in [0.717, 1.165) is 19.0 Å². The van der Waals surface area contributed by atoms with E-state index >= 15 is 0 Å². The maximum absolute atomic E-state index is 12.9. The van der Waals surface area contributed by atoms with Gasteiger partial charge in [0.05, 0.1) is 5.56 Å². The van der Waals surface area contributed by atoms with Crippen LogP contribution in [0.25, 0.3) is 0 Å². The highest BCUT2D eigenvalue weighted by molar-refractivity contribution is 5.69. The number of amides is 1. The fourth-order valence-corrected chi connectivity index (χ4v) is 4.25. The number of pyridine rings is 1. The number of alkyl halides is 3. The third-order valence-electron chi connectivity index (χ3n) is 5.71. The molecular weight excluding hydrogens is 357 g/mol. The number of halogens is 3. The molecular formula is C20H27F3N2O2. The highest BCUT2D eigenvalue weighted by Crippen LogP contribution is 2.56. The van der Waals surface area contributed by atoms with E-state index in [-0.39, 0.29) is 23.0 Å². The molecule has 3 rings (SSSR count). The number of aryl methyl sites for hydroxylation is 1. The van der Waals surface area contributed by atoms with Gasteiger partial charge in [-0.3, -0.25) is 4.98 Å². The topological polar surface area (TPSA) is 42.4 Å². The average molecular weight is 384 g/mol. The largest absolute Gasteiger partial charge is 0.444 e. The van der Waals surface area contributed by atoms with Crippen LogP contribution in [0.5, 0.6) is 0 Å². The molecule has 4 nitrogen and oxygen atoms in total. The Morgan fingerprint density at radius 3 is 2.37 bits per heavy atom. The van der Waals surface area contributed by atoms with Crippen molar-refractivity contribution in [3.63, 3.8) is 0 Å². The van der Waals surface area contributed by atoms with Crippen molar-refractivity contribution < 1.29 is 22.7 Å². The molecule has 1 aromatic rings. The summed E-state index contributed by atoms with van der Waals surface area (Å²) >= 11 is 0. The summed E-state index contributed by atoms with van der Waals surface area (Å²) in [5.41, 5.74) is -0.0910. The first kappa shape index (κ1) is 20.0. The molecule has 1 aliphatic carbocycles. The van der Waals surface area contributed by atoms with Crippen molar-refractivity contribution in [3.8, 4) is 0 Å². The predicted molar refractivity (Wildman–Crippen MR) is 95.4 cm³/mol. The molecule has 0 aromatic carbocycles. The van der Waals surface area contributed by atoms with Gasteiger partial charge >= 0.3 is 12.3 Å². The standard InChI is InChI=1S/C20H27F3N2O2/c1-12-6-16(24-9-15(12)20(21,22)23)13(2)14-7-19(8-14)10-25(11-19)17(26)27-18(3,4)5/h6,9,13-14H,7-8,10-11H2,1-5H3. The Labute approximate surface area is 158 Å². The summed E-state index contributed by atoms with van der Waals surface area (Å²) in [6, 6.07) is 1.56. The van der Waals surface area contributed by atoms with Gasteiger partial charge < -0.3 is 9.64 Å². The summed E-state index contributed by atoms with van der Waals surface area (Å²) in [5, 5.41) is 0. The van der Waals surface area contributed by atoms with Crippen molar-refractivity contribution >= 4 is 6.09 Å². The van der Waals surface area contributed by atoms with Crippen molar-refractivity contribution in [2.45, 2.75) is 65.2 Å². The fraction of sp³-hybridized carbons (Fsp3) is 0.700. The van der Waals surface area contributed by atoms with Crippen LogP contribution in [0.2, 0.25) is 0 Å². The van der Waals surface area contributed by atoms with Crippen molar-refractivity contribution in [2.24, 2.45) is 11.3 Å². The Hall–Kier alpha value is -1.79. The lowest BCUT2D eigenvalue weighted by Crippen LogP contribution is -2.64. The highest BCUT2D eigenvalue weighted by Gasteiger charge is 2.55. The van der Waals surface area contributed by atoms with Crippen LogP contribution in [0.15, 0.2) is 12.3 Å². The third kappa shape index (κ3) is 4.06. The number of likely N-dealkylation sites (tertiary alicyclic amines) is 1. The Morgan fingerprint density at radius 1 is 1.30 bits per heavy atom. The lowest BCUT2D eigenvalue weighted by atomic mass is 9.54. The van der Waals surface area contributed by atoms with E-state index in [2.05, 4.69) is 4.98 Å². The maximum atomic E-state index is 12.9. The molecule has 2 heterocycles. The summed E-state index contributed by atoms with van der Waals surface area (Å²) in [6.45, 7) is 10.4. The van der Waals surface area contributed by atoms with Crippen LogP contribution in [0.4, 0.5) is 18.0 Å².